The number of carbonyl (C=O) groups excluding carboxylic acids is 1. The average molecular weight is 367 g/mol. The van der Waals surface area contributed by atoms with Gasteiger partial charge >= 0.3 is 0 Å². The van der Waals surface area contributed by atoms with E-state index in [9.17, 15) is 4.79 Å². The van der Waals surface area contributed by atoms with Gasteiger partial charge in [-0.3, -0.25) is 9.69 Å². The van der Waals surface area contributed by atoms with Crippen LogP contribution in [0.2, 0.25) is 0 Å². The van der Waals surface area contributed by atoms with Crippen LogP contribution < -0.4 is 10.6 Å². The molecule has 0 aromatic heterocycles. The first-order chi connectivity index (χ1) is 11.8. The highest BCUT2D eigenvalue weighted by Crippen LogP contribution is 2.14. The van der Waals surface area contributed by atoms with Crippen LogP contribution in [0.1, 0.15) is 30.9 Å². The zero-order valence-corrected chi connectivity index (χ0v) is 16.0. The smallest absolute Gasteiger partial charge is 0.237 e. The lowest BCUT2D eigenvalue weighted by Gasteiger charge is -2.34. The molecule has 1 aromatic carbocycles. The third-order valence-corrected chi connectivity index (χ3v) is 5.25. The molecule has 3 rings (SSSR count). The van der Waals surface area contributed by atoms with E-state index >= 15 is 0 Å². The van der Waals surface area contributed by atoms with E-state index in [1.54, 1.807) is 0 Å². The molecular weight excluding hydrogens is 336 g/mol. The number of nitrogens with one attached hydrogen (secondary N) is 2. The molecule has 2 fully saturated rings. The van der Waals surface area contributed by atoms with E-state index < -0.39 is 0 Å². The Labute approximate surface area is 157 Å². The van der Waals surface area contributed by atoms with Gasteiger partial charge in [0.05, 0.1) is 6.04 Å². The maximum atomic E-state index is 12.2. The minimum Gasteiger partial charge on any atom is -0.351 e. The Balaban J connectivity index is 0.00000225. The van der Waals surface area contributed by atoms with Crippen molar-refractivity contribution in [2.75, 3.05) is 39.3 Å². The lowest BCUT2D eigenvalue weighted by Crippen LogP contribution is -2.45. The molecule has 1 amide bonds. The van der Waals surface area contributed by atoms with Crippen molar-refractivity contribution in [3.8, 4) is 0 Å². The number of halogens is 1. The number of carbonyl (C=O) groups is 1. The standard InChI is InChI=1S/C19H30N4O.ClH/c1-2-22-10-12-23(13-11-22)15-17-7-4-3-6-16(17)14-21-19(24)18-8-5-9-20-18;/h3-4,6-7,18,20H,2,5,8-15H2,1H3,(H,21,24);1H. The average Bonchev–Trinajstić information content (AvgIpc) is 3.16. The molecule has 25 heavy (non-hydrogen) atoms. The summed E-state index contributed by atoms with van der Waals surface area (Å²) in [5.41, 5.74) is 2.57. The van der Waals surface area contributed by atoms with Crippen molar-refractivity contribution in [1.82, 2.24) is 20.4 Å². The van der Waals surface area contributed by atoms with E-state index in [4.69, 9.17) is 0 Å². The Morgan fingerprint density at radius 2 is 1.84 bits per heavy atom. The molecule has 140 valence electrons. The Morgan fingerprint density at radius 3 is 2.48 bits per heavy atom. The summed E-state index contributed by atoms with van der Waals surface area (Å²) >= 11 is 0. The third-order valence-electron chi connectivity index (χ3n) is 5.25. The van der Waals surface area contributed by atoms with Gasteiger partial charge in [-0.1, -0.05) is 31.2 Å². The van der Waals surface area contributed by atoms with Crippen LogP contribution in [-0.2, 0) is 17.9 Å². The molecule has 1 unspecified atom stereocenters. The number of amides is 1. The second-order valence-electron chi connectivity index (χ2n) is 6.85. The van der Waals surface area contributed by atoms with Crippen molar-refractivity contribution in [3.05, 3.63) is 35.4 Å². The predicted octanol–water partition coefficient (Wildman–Crippen LogP) is 1.61. The van der Waals surface area contributed by atoms with Crippen LogP contribution in [0.15, 0.2) is 24.3 Å². The van der Waals surface area contributed by atoms with Crippen LogP contribution in [0.3, 0.4) is 0 Å². The zero-order valence-electron chi connectivity index (χ0n) is 15.2. The van der Waals surface area contributed by atoms with Gasteiger partial charge in [-0.05, 0) is 37.1 Å². The summed E-state index contributed by atoms with van der Waals surface area (Å²) in [6, 6.07) is 8.50. The van der Waals surface area contributed by atoms with Crippen LogP contribution in [-0.4, -0.2) is 61.0 Å². The third kappa shape index (κ3) is 5.68. The summed E-state index contributed by atoms with van der Waals surface area (Å²) in [5, 5.41) is 6.36. The minimum absolute atomic E-state index is 0. The molecule has 2 N–H and O–H groups in total. The molecule has 2 saturated heterocycles. The number of hydrogen-bond acceptors (Lipinski definition) is 4. The topological polar surface area (TPSA) is 47.6 Å². The summed E-state index contributed by atoms with van der Waals surface area (Å²) in [6.45, 7) is 10.5. The van der Waals surface area contributed by atoms with Crippen molar-refractivity contribution in [1.29, 1.82) is 0 Å². The number of piperazine rings is 1. The van der Waals surface area contributed by atoms with Gasteiger partial charge in [-0.15, -0.1) is 12.4 Å². The summed E-state index contributed by atoms with van der Waals surface area (Å²) < 4.78 is 0. The quantitative estimate of drug-likeness (QED) is 0.803. The van der Waals surface area contributed by atoms with Gasteiger partial charge in [-0.2, -0.15) is 0 Å². The molecule has 2 aliphatic heterocycles. The van der Waals surface area contributed by atoms with Crippen molar-refractivity contribution in [2.24, 2.45) is 0 Å². The van der Waals surface area contributed by atoms with Crippen LogP contribution >= 0.6 is 12.4 Å². The molecule has 5 nitrogen and oxygen atoms in total. The maximum Gasteiger partial charge on any atom is 0.237 e. The fourth-order valence-corrected chi connectivity index (χ4v) is 3.60. The Morgan fingerprint density at radius 1 is 1.16 bits per heavy atom. The van der Waals surface area contributed by atoms with E-state index in [-0.39, 0.29) is 24.4 Å². The lowest BCUT2D eigenvalue weighted by molar-refractivity contribution is -0.122. The molecule has 0 saturated carbocycles. The van der Waals surface area contributed by atoms with Gasteiger partial charge in [0.25, 0.3) is 0 Å². The Kier molecular flexibility index (Phi) is 8.16. The van der Waals surface area contributed by atoms with Gasteiger partial charge < -0.3 is 15.5 Å². The lowest BCUT2D eigenvalue weighted by atomic mass is 10.1. The number of hydrogen-bond donors (Lipinski definition) is 2. The Bertz CT molecular complexity index is 540. The molecule has 0 aliphatic carbocycles. The fourth-order valence-electron chi connectivity index (χ4n) is 3.60. The molecule has 0 spiro atoms. The maximum absolute atomic E-state index is 12.2. The fraction of sp³-hybridized carbons (Fsp3) is 0.632. The number of rotatable bonds is 6. The van der Waals surface area contributed by atoms with E-state index in [0.717, 1.165) is 58.7 Å². The summed E-state index contributed by atoms with van der Waals surface area (Å²) in [6.07, 6.45) is 2.05. The largest absolute Gasteiger partial charge is 0.351 e. The van der Waals surface area contributed by atoms with E-state index in [2.05, 4.69) is 51.6 Å². The first-order valence-electron chi connectivity index (χ1n) is 9.29. The summed E-state index contributed by atoms with van der Waals surface area (Å²) in [4.78, 5) is 17.2. The van der Waals surface area contributed by atoms with Gasteiger partial charge in [0.1, 0.15) is 0 Å². The SMILES string of the molecule is CCN1CCN(Cc2ccccc2CNC(=O)C2CCCN2)CC1.Cl. The first kappa shape index (κ1) is 20.2. The number of likely N-dealkylation sites (N-methyl/N-ethyl adjacent to an activating group) is 1. The molecule has 1 atom stereocenters. The summed E-state index contributed by atoms with van der Waals surface area (Å²) in [5.74, 6) is 0.138. The normalized spacial score (nSPS) is 21.7. The van der Waals surface area contributed by atoms with E-state index in [1.165, 1.54) is 11.1 Å². The molecule has 0 radical (unpaired) electrons. The van der Waals surface area contributed by atoms with E-state index in [1.807, 2.05) is 0 Å². The highest BCUT2D eigenvalue weighted by molar-refractivity contribution is 5.85. The van der Waals surface area contributed by atoms with Crippen LogP contribution in [0.4, 0.5) is 0 Å². The minimum atomic E-state index is -0.000663. The first-order valence-corrected chi connectivity index (χ1v) is 9.29. The molecule has 0 bridgehead atoms. The van der Waals surface area contributed by atoms with Crippen LogP contribution in [0.5, 0.6) is 0 Å². The molecule has 2 aliphatic rings. The number of benzene rings is 1. The van der Waals surface area contributed by atoms with Gasteiger partial charge in [0.2, 0.25) is 5.91 Å². The highest BCUT2D eigenvalue weighted by Gasteiger charge is 2.22. The van der Waals surface area contributed by atoms with Crippen LogP contribution in [0.25, 0.3) is 0 Å². The highest BCUT2D eigenvalue weighted by atomic mass is 35.5. The van der Waals surface area contributed by atoms with Crippen molar-refractivity contribution in [3.63, 3.8) is 0 Å². The predicted molar refractivity (Wildman–Crippen MR) is 104 cm³/mol. The molecule has 2 heterocycles. The molecular formula is C19H31ClN4O. The summed E-state index contributed by atoms with van der Waals surface area (Å²) in [7, 11) is 0. The van der Waals surface area contributed by atoms with Gasteiger partial charge in [0.15, 0.2) is 0 Å². The number of nitrogens with zero attached hydrogens (tertiary/aromatic N) is 2. The van der Waals surface area contributed by atoms with Gasteiger partial charge in [0, 0.05) is 39.3 Å². The second-order valence-corrected chi connectivity index (χ2v) is 6.85. The van der Waals surface area contributed by atoms with Crippen LogP contribution in [0, 0.1) is 0 Å². The Hall–Kier alpha value is -1.14. The van der Waals surface area contributed by atoms with Gasteiger partial charge in [-0.25, -0.2) is 0 Å². The van der Waals surface area contributed by atoms with Crippen molar-refractivity contribution < 1.29 is 4.79 Å². The van der Waals surface area contributed by atoms with Crippen molar-refractivity contribution in [2.45, 2.75) is 38.9 Å². The molecule has 1 aromatic rings. The molecule has 6 heteroatoms. The van der Waals surface area contributed by atoms with Crippen molar-refractivity contribution >= 4 is 18.3 Å². The zero-order chi connectivity index (χ0) is 16.8. The van der Waals surface area contributed by atoms with E-state index in [0.29, 0.717) is 6.54 Å². The monoisotopic (exact) mass is 366 g/mol. The second kappa shape index (κ2) is 10.1.